The Hall–Kier alpha value is -2.08. The van der Waals surface area contributed by atoms with E-state index in [1.807, 2.05) is 18.3 Å². The third-order valence-electron chi connectivity index (χ3n) is 4.55. The summed E-state index contributed by atoms with van der Waals surface area (Å²) < 4.78 is 16.8. The molecule has 116 valence electrons. The van der Waals surface area contributed by atoms with Crippen molar-refractivity contribution in [1.29, 1.82) is 0 Å². The quantitative estimate of drug-likeness (QED) is 0.649. The zero-order valence-corrected chi connectivity index (χ0v) is 12.4. The van der Waals surface area contributed by atoms with Gasteiger partial charge in [-0.1, -0.05) is 0 Å². The van der Waals surface area contributed by atoms with Gasteiger partial charge in [0.15, 0.2) is 0 Å². The molecule has 1 aliphatic carbocycles. The van der Waals surface area contributed by atoms with Crippen molar-refractivity contribution in [3.05, 3.63) is 35.6 Å². The van der Waals surface area contributed by atoms with Crippen LogP contribution in [0.15, 0.2) is 29.5 Å². The van der Waals surface area contributed by atoms with Crippen molar-refractivity contribution in [2.24, 2.45) is 10.9 Å². The molecule has 2 heterocycles. The highest BCUT2D eigenvalue weighted by molar-refractivity contribution is 5.83. The van der Waals surface area contributed by atoms with Crippen LogP contribution in [0.5, 0.6) is 0 Å². The molecule has 4 rings (SSSR count). The van der Waals surface area contributed by atoms with E-state index in [2.05, 4.69) is 19.9 Å². The SMILES string of the molecule is N/N=c1/ccn(C2CC2)c2cc(N3CCNCC3)c(F)cc12. The Bertz CT molecular complexity index is 772. The molecule has 5 nitrogen and oxygen atoms in total. The second-order valence-corrected chi connectivity index (χ2v) is 6.03. The van der Waals surface area contributed by atoms with Crippen LogP contribution in [0.2, 0.25) is 0 Å². The van der Waals surface area contributed by atoms with Crippen LogP contribution in [-0.2, 0) is 0 Å². The van der Waals surface area contributed by atoms with E-state index in [1.165, 1.54) is 12.8 Å². The molecule has 1 aromatic heterocycles. The minimum Gasteiger partial charge on any atom is -0.367 e. The highest BCUT2D eigenvalue weighted by Crippen LogP contribution is 2.37. The van der Waals surface area contributed by atoms with Gasteiger partial charge in [0.1, 0.15) is 5.82 Å². The third-order valence-corrected chi connectivity index (χ3v) is 4.55. The summed E-state index contributed by atoms with van der Waals surface area (Å²) in [6.45, 7) is 3.43. The molecular weight excluding hydrogens is 281 g/mol. The van der Waals surface area contributed by atoms with Crippen molar-refractivity contribution in [2.75, 3.05) is 31.1 Å². The van der Waals surface area contributed by atoms with Crippen LogP contribution in [0.25, 0.3) is 10.9 Å². The molecule has 0 bridgehead atoms. The Labute approximate surface area is 128 Å². The topological polar surface area (TPSA) is 58.6 Å². The number of piperazine rings is 1. The highest BCUT2D eigenvalue weighted by atomic mass is 19.1. The monoisotopic (exact) mass is 301 g/mol. The maximum absolute atomic E-state index is 14.6. The van der Waals surface area contributed by atoms with Gasteiger partial charge < -0.3 is 20.6 Å². The van der Waals surface area contributed by atoms with Crippen LogP contribution in [0.3, 0.4) is 0 Å². The van der Waals surface area contributed by atoms with Gasteiger partial charge in [-0.2, -0.15) is 5.10 Å². The minimum absolute atomic E-state index is 0.201. The zero-order valence-electron chi connectivity index (χ0n) is 12.4. The Morgan fingerprint density at radius 2 is 2.00 bits per heavy atom. The second kappa shape index (κ2) is 5.28. The number of hydrogen-bond donors (Lipinski definition) is 2. The van der Waals surface area contributed by atoms with E-state index < -0.39 is 0 Å². The molecule has 0 radical (unpaired) electrons. The number of aromatic nitrogens is 1. The fourth-order valence-corrected chi connectivity index (χ4v) is 3.22. The van der Waals surface area contributed by atoms with Crippen LogP contribution >= 0.6 is 0 Å². The summed E-state index contributed by atoms with van der Waals surface area (Å²) in [6, 6.07) is 5.93. The van der Waals surface area contributed by atoms with Crippen LogP contribution in [0.1, 0.15) is 18.9 Å². The van der Waals surface area contributed by atoms with Gasteiger partial charge in [0.2, 0.25) is 0 Å². The van der Waals surface area contributed by atoms with E-state index in [4.69, 9.17) is 5.84 Å². The summed E-state index contributed by atoms with van der Waals surface area (Å²) >= 11 is 0. The Balaban J connectivity index is 1.92. The second-order valence-electron chi connectivity index (χ2n) is 6.03. The van der Waals surface area contributed by atoms with Gasteiger partial charge in [-0.05, 0) is 31.0 Å². The minimum atomic E-state index is -0.201. The number of benzene rings is 1. The molecule has 2 aliphatic rings. The molecule has 3 N–H and O–H groups in total. The molecule has 0 atom stereocenters. The predicted octanol–water partition coefficient (Wildman–Crippen LogP) is 1.30. The molecule has 1 aliphatic heterocycles. The number of hydrogen-bond acceptors (Lipinski definition) is 4. The lowest BCUT2D eigenvalue weighted by Crippen LogP contribution is -2.43. The zero-order chi connectivity index (χ0) is 15.1. The molecule has 0 spiro atoms. The van der Waals surface area contributed by atoms with Crippen LogP contribution in [0.4, 0.5) is 10.1 Å². The first kappa shape index (κ1) is 13.6. The van der Waals surface area contributed by atoms with Crippen LogP contribution in [0, 0.1) is 5.82 Å². The van der Waals surface area contributed by atoms with E-state index >= 15 is 0 Å². The number of pyridine rings is 1. The summed E-state index contributed by atoms with van der Waals surface area (Å²) in [5.74, 6) is 5.26. The average Bonchev–Trinajstić information content (AvgIpc) is 3.39. The molecule has 1 saturated heterocycles. The largest absolute Gasteiger partial charge is 0.367 e. The predicted molar refractivity (Wildman–Crippen MR) is 85.0 cm³/mol. The maximum atomic E-state index is 14.6. The maximum Gasteiger partial charge on any atom is 0.147 e. The van der Waals surface area contributed by atoms with Gasteiger partial charge in [0, 0.05) is 43.8 Å². The van der Waals surface area contributed by atoms with E-state index in [0.717, 1.165) is 37.1 Å². The Morgan fingerprint density at radius 3 is 2.68 bits per heavy atom. The molecule has 22 heavy (non-hydrogen) atoms. The van der Waals surface area contributed by atoms with Gasteiger partial charge in [0.05, 0.1) is 16.6 Å². The first-order valence-electron chi connectivity index (χ1n) is 7.82. The van der Waals surface area contributed by atoms with Crippen molar-refractivity contribution in [3.8, 4) is 0 Å². The Kier molecular flexibility index (Phi) is 3.26. The van der Waals surface area contributed by atoms with E-state index in [-0.39, 0.29) is 5.82 Å². The van der Waals surface area contributed by atoms with Gasteiger partial charge in [0.25, 0.3) is 0 Å². The molecular formula is C16H20FN5. The van der Waals surface area contributed by atoms with Crippen molar-refractivity contribution < 1.29 is 4.39 Å². The number of fused-ring (bicyclic) bond motifs is 1. The summed E-state index contributed by atoms with van der Waals surface area (Å²) in [5.41, 5.74) is 1.70. The van der Waals surface area contributed by atoms with Gasteiger partial charge in [-0.3, -0.25) is 0 Å². The summed E-state index contributed by atoms with van der Waals surface area (Å²) in [5, 5.41) is 8.52. The van der Waals surface area contributed by atoms with Gasteiger partial charge >= 0.3 is 0 Å². The van der Waals surface area contributed by atoms with Gasteiger partial charge in [-0.15, -0.1) is 0 Å². The van der Waals surface area contributed by atoms with E-state index in [1.54, 1.807) is 6.07 Å². The molecule has 1 saturated carbocycles. The lowest BCUT2D eigenvalue weighted by molar-refractivity contribution is 0.567. The standard InChI is InChI=1S/C16H20FN5/c17-13-9-12-14(20-18)3-6-22(11-1-2-11)15(12)10-16(13)21-7-4-19-5-8-21/h3,6,9-11,19H,1-2,4-5,7-8,18H2/b20-14-. The fourth-order valence-electron chi connectivity index (χ4n) is 3.22. The van der Waals surface area contributed by atoms with Crippen molar-refractivity contribution in [3.63, 3.8) is 0 Å². The molecule has 0 unspecified atom stereocenters. The first-order valence-corrected chi connectivity index (χ1v) is 7.82. The number of halogens is 1. The number of anilines is 1. The lowest BCUT2D eigenvalue weighted by atomic mass is 10.1. The Morgan fingerprint density at radius 1 is 1.23 bits per heavy atom. The van der Waals surface area contributed by atoms with Crippen molar-refractivity contribution >= 4 is 16.6 Å². The van der Waals surface area contributed by atoms with Crippen molar-refractivity contribution in [2.45, 2.75) is 18.9 Å². The van der Waals surface area contributed by atoms with Crippen molar-refractivity contribution in [1.82, 2.24) is 9.88 Å². The van der Waals surface area contributed by atoms with Crippen LogP contribution < -0.4 is 21.4 Å². The highest BCUT2D eigenvalue weighted by Gasteiger charge is 2.25. The average molecular weight is 301 g/mol. The summed E-state index contributed by atoms with van der Waals surface area (Å²) in [4.78, 5) is 2.11. The number of rotatable bonds is 2. The summed E-state index contributed by atoms with van der Waals surface area (Å²) in [7, 11) is 0. The number of nitrogens with zero attached hydrogens (tertiary/aromatic N) is 3. The molecule has 2 fully saturated rings. The summed E-state index contributed by atoms with van der Waals surface area (Å²) in [6.07, 6.45) is 4.38. The molecule has 2 aromatic rings. The van der Waals surface area contributed by atoms with Gasteiger partial charge in [-0.25, -0.2) is 4.39 Å². The molecule has 0 amide bonds. The van der Waals surface area contributed by atoms with Crippen LogP contribution in [-0.4, -0.2) is 30.7 Å². The molecule has 1 aromatic carbocycles. The van der Waals surface area contributed by atoms with E-state index in [0.29, 0.717) is 17.1 Å². The smallest absolute Gasteiger partial charge is 0.147 e. The number of nitrogens with one attached hydrogen (secondary N) is 1. The normalized spacial score (nSPS) is 19.9. The number of nitrogens with two attached hydrogens (primary N) is 1. The molecule has 6 heteroatoms. The first-order chi connectivity index (χ1) is 10.8. The van der Waals surface area contributed by atoms with E-state index in [9.17, 15) is 4.39 Å². The lowest BCUT2D eigenvalue weighted by Gasteiger charge is -2.30. The fraction of sp³-hybridized carbons (Fsp3) is 0.438. The third kappa shape index (κ3) is 2.23.